The maximum absolute atomic E-state index is 12.2. The molecule has 2 aromatic rings. The van der Waals surface area contributed by atoms with Gasteiger partial charge in [0.1, 0.15) is 9.88 Å². The molecule has 0 radical (unpaired) electrons. The molecule has 114 valence electrons. The number of carbonyl (C=O) groups excluding carboxylic acids is 1. The van der Waals surface area contributed by atoms with Gasteiger partial charge >= 0.3 is 0 Å². The minimum Gasteiger partial charge on any atom is -0.387 e. The van der Waals surface area contributed by atoms with Crippen molar-refractivity contribution in [2.24, 2.45) is 0 Å². The summed E-state index contributed by atoms with van der Waals surface area (Å²) in [7, 11) is 0. The number of rotatable bonds is 6. The fourth-order valence-electron chi connectivity index (χ4n) is 1.83. The Morgan fingerprint density at radius 2 is 2.33 bits per heavy atom. The van der Waals surface area contributed by atoms with Gasteiger partial charge in [-0.3, -0.25) is 4.79 Å². The number of aryl methyl sites for hydroxylation is 1. The molecule has 0 aliphatic carbocycles. The number of thiophene rings is 1. The largest absolute Gasteiger partial charge is 0.387 e. The molecule has 2 N–H and O–H groups in total. The number of thioether (sulfide) groups is 1. The minimum absolute atomic E-state index is 0.173. The topological polar surface area (TPSA) is 62.2 Å². The standard InChI is InChI=1S/C14H18N2O2S3/c1-9-11(12(17)15-7-14(2,18)8-19-3)21-13(16-9)10-4-5-20-6-10/h4-6,18H,7-8H2,1-3H3,(H,15,17). The van der Waals surface area contributed by atoms with Gasteiger partial charge in [0.2, 0.25) is 0 Å². The number of aromatic nitrogens is 1. The van der Waals surface area contributed by atoms with Crippen LogP contribution in [0.5, 0.6) is 0 Å². The number of nitrogens with zero attached hydrogens (tertiary/aromatic N) is 1. The first-order valence-electron chi connectivity index (χ1n) is 6.42. The van der Waals surface area contributed by atoms with Crippen LogP contribution in [0.1, 0.15) is 22.3 Å². The minimum atomic E-state index is -0.899. The number of carbonyl (C=O) groups is 1. The van der Waals surface area contributed by atoms with E-state index in [0.29, 0.717) is 10.6 Å². The summed E-state index contributed by atoms with van der Waals surface area (Å²) in [5, 5.41) is 17.7. The maximum Gasteiger partial charge on any atom is 0.263 e. The third-order valence-corrected chi connectivity index (χ3v) is 5.66. The van der Waals surface area contributed by atoms with E-state index >= 15 is 0 Å². The second-order valence-corrected chi connectivity index (χ2v) is 7.70. The zero-order valence-corrected chi connectivity index (χ0v) is 14.6. The maximum atomic E-state index is 12.2. The van der Waals surface area contributed by atoms with Gasteiger partial charge in [-0.15, -0.1) is 11.3 Å². The van der Waals surface area contributed by atoms with Crippen LogP contribution < -0.4 is 5.32 Å². The molecule has 0 bridgehead atoms. The normalized spacial score (nSPS) is 13.9. The molecular weight excluding hydrogens is 324 g/mol. The third-order valence-electron chi connectivity index (χ3n) is 2.86. The monoisotopic (exact) mass is 342 g/mol. The molecule has 0 aromatic carbocycles. The number of hydrogen-bond acceptors (Lipinski definition) is 6. The fraction of sp³-hybridized carbons (Fsp3) is 0.429. The first kappa shape index (κ1) is 16.5. The summed E-state index contributed by atoms with van der Waals surface area (Å²) in [4.78, 5) is 17.3. The van der Waals surface area contributed by atoms with E-state index in [9.17, 15) is 9.90 Å². The van der Waals surface area contributed by atoms with Crippen molar-refractivity contribution < 1.29 is 9.90 Å². The molecule has 2 heterocycles. The Balaban J connectivity index is 2.06. The summed E-state index contributed by atoms with van der Waals surface area (Å²) in [6, 6.07) is 1.99. The molecule has 0 aliphatic rings. The van der Waals surface area contributed by atoms with Crippen molar-refractivity contribution >= 4 is 40.3 Å². The average molecular weight is 343 g/mol. The highest BCUT2D eigenvalue weighted by atomic mass is 32.2. The Hall–Kier alpha value is -0.890. The van der Waals surface area contributed by atoms with Crippen molar-refractivity contribution in [1.29, 1.82) is 0 Å². The van der Waals surface area contributed by atoms with Crippen LogP contribution >= 0.6 is 34.4 Å². The van der Waals surface area contributed by atoms with Gasteiger partial charge in [-0.05, 0) is 31.5 Å². The summed E-state index contributed by atoms with van der Waals surface area (Å²) in [6.45, 7) is 3.79. The molecule has 0 spiro atoms. The smallest absolute Gasteiger partial charge is 0.263 e. The van der Waals surface area contributed by atoms with E-state index in [1.165, 1.54) is 11.3 Å². The number of thiazole rings is 1. The van der Waals surface area contributed by atoms with E-state index in [-0.39, 0.29) is 12.5 Å². The molecular formula is C14H18N2O2S3. The lowest BCUT2D eigenvalue weighted by molar-refractivity contribution is 0.0727. The Bertz CT molecular complexity index is 606. The van der Waals surface area contributed by atoms with Crippen LogP contribution in [0, 0.1) is 6.92 Å². The number of amides is 1. The summed E-state index contributed by atoms with van der Waals surface area (Å²) < 4.78 is 0. The molecule has 4 nitrogen and oxygen atoms in total. The average Bonchev–Trinajstić information content (AvgIpc) is 3.05. The van der Waals surface area contributed by atoms with E-state index in [2.05, 4.69) is 10.3 Å². The molecule has 0 saturated carbocycles. The van der Waals surface area contributed by atoms with Crippen LogP contribution in [0.2, 0.25) is 0 Å². The zero-order valence-electron chi connectivity index (χ0n) is 12.2. The van der Waals surface area contributed by atoms with Crippen LogP contribution in [0.4, 0.5) is 0 Å². The number of nitrogens with one attached hydrogen (secondary N) is 1. The molecule has 2 rings (SSSR count). The van der Waals surface area contributed by atoms with Crippen molar-refractivity contribution in [3.63, 3.8) is 0 Å². The van der Waals surface area contributed by atoms with Gasteiger partial charge in [-0.1, -0.05) is 0 Å². The van der Waals surface area contributed by atoms with Crippen molar-refractivity contribution in [3.05, 3.63) is 27.4 Å². The van der Waals surface area contributed by atoms with Gasteiger partial charge in [0.15, 0.2) is 0 Å². The van der Waals surface area contributed by atoms with Crippen LogP contribution in [-0.4, -0.2) is 40.2 Å². The van der Waals surface area contributed by atoms with E-state index < -0.39 is 5.60 Å². The second-order valence-electron chi connectivity index (χ2n) is 5.06. The molecule has 0 aliphatic heterocycles. The third kappa shape index (κ3) is 4.29. The molecule has 7 heteroatoms. The van der Waals surface area contributed by atoms with Crippen molar-refractivity contribution in [2.45, 2.75) is 19.4 Å². The summed E-state index contributed by atoms with van der Waals surface area (Å²) in [5.74, 6) is 0.405. The van der Waals surface area contributed by atoms with Crippen molar-refractivity contribution in [3.8, 4) is 10.6 Å². The highest BCUT2D eigenvalue weighted by molar-refractivity contribution is 7.98. The summed E-state index contributed by atoms with van der Waals surface area (Å²) in [5.41, 5.74) is 0.869. The lowest BCUT2D eigenvalue weighted by Crippen LogP contribution is -2.42. The van der Waals surface area contributed by atoms with Crippen LogP contribution in [0.25, 0.3) is 10.6 Å². The van der Waals surface area contributed by atoms with Crippen molar-refractivity contribution in [2.75, 3.05) is 18.6 Å². The summed E-state index contributed by atoms with van der Waals surface area (Å²) in [6.07, 6.45) is 1.93. The quantitative estimate of drug-likeness (QED) is 0.847. The molecule has 1 amide bonds. The van der Waals surface area contributed by atoms with Gasteiger partial charge in [0.25, 0.3) is 5.91 Å². The second kappa shape index (κ2) is 6.91. The molecule has 21 heavy (non-hydrogen) atoms. The van der Waals surface area contributed by atoms with Crippen molar-refractivity contribution in [1.82, 2.24) is 10.3 Å². The molecule has 0 fully saturated rings. The van der Waals surface area contributed by atoms with Crippen LogP contribution in [-0.2, 0) is 0 Å². The Morgan fingerprint density at radius 3 is 2.95 bits per heavy atom. The lowest BCUT2D eigenvalue weighted by atomic mass is 10.1. The Morgan fingerprint density at radius 1 is 1.57 bits per heavy atom. The first-order valence-corrected chi connectivity index (χ1v) is 9.58. The zero-order chi connectivity index (χ0) is 15.5. The fourth-order valence-corrected chi connectivity index (χ4v) is 4.25. The molecule has 2 aromatic heterocycles. The van der Waals surface area contributed by atoms with Gasteiger partial charge in [-0.25, -0.2) is 4.98 Å². The first-order chi connectivity index (χ1) is 9.93. The van der Waals surface area contributed by atoms with Gasteiger partial charge in [0.05, 0.1) is 11.3 Å². The van der Waals surface area contributed by atoms with Gasteiger partial charge in [0, 0.05) is 23.2 Å². The molecule has 0 saturated heterocycles. The van der Waals surface area contributed by atoms with Gasteiger partial charge in [-0.2, -0.15) is 23.1 Å². The highest BCUT2D eigenvalue weighted by Crippen LogP contribution is 2.29. The number of hydrogen-bond donors (Lipinski definition) is 2. The summed E-state index contributed by atoms with van der Waals surface area (Å²) >= 11 is 4.55. The van der Waals surface area contributed by atoms with E-state index in [1.807, 2.05) is 30.0 Å². The predicted octanol–water partition coefficient (Wildman–Crippen LogP) is 3.02. The van der Waals surface area contributed by atoms with E-state index in [1.54, 1.807) is 30.0 Å². The number of aliphatic hydroxyl groups is 1. The molecule has 1 atom stereocenters. The Labute approximate surface area is 136 Å². The van der Waals surface area contributed by atoms with E-state index in [0.717, 1.165) is 16.3 Å². The highest BCUT2D eigenvalue weighted by Gasteiger charge is 2.22. The lowest BCUT2D eigenvalue weighted by Gasteiger charge is -2.22. The Kier molecular flexibility index (Phi) is 5.43. The van der Waals surface area contributed by atoms with Gasteiger partial charge < -0.3 is 10.4 Å². The van der Waals surface area contributed by atoms with Crippen LogP contribution in [0.3, 0.4) is 0 Å². The predicted molar refractivity (Wildman–Crippen MR) is 91.5 cm³/mol. The SMILES string of the molecule is CSCC(C)(O)CNC(=O)c1sc(-c2ccsc2)nc1C. The van der Waals surface area contributed by atoms with Crippen LogP contribution in [0.15, 0.2) is 16.8 Å². The van der Waals surface area contributed by atoms with E-state index in [4.69, 9.17) is 0 Å². The molecule has 1 unspecified atom stereocenters.